The SMILES string of the molecule is Cc1c(C=CC(N)=O)ccnc1F. The van der Waals surface area contributed by atoms with Gasteiger partial charge in [-0.2, -0.15) is 4.39 Å². The molecule has 1 aromatic rings. The molecule has 0 radical (unpaired) electrons. The third kappa shape index (κ3) is 2.37. The second-order valence-corrected chi connectivity index (χ2v) is 2.55. The smallest absolute Gasteiger partial charge is 0.241 e. The fourth-order valence-electron chi connectivity index (χ4n) is 0.876. The molecule has 1 rings (SSSR count). The van der Waals surface area contributed by atoms with Crippen molar-refractivity contribution in [2.24, 2.45) is 5.73 Å². The van der Waals surface area contributed by atoms with E-state index in [1.165, 1.54) is 18.3 Å². The lowest BCUT2D eigenvalue weighted by Gasteiger charge is -1.98. The zero-order valence-corrected chi connectivity index (χ0v) is 7.12. The van der Waals surface area contributed by atoms with Crippen LogP contribution in [0.5, 0.6) is 0 Å². The average Bonchev–Trinajstić information content (AvgIpc) is 2.07. The van der Waals surface area contributed by atoms with Gasteiger partial charge in [0.2, 0.25) is 11.9 Å². The molecule has 0 atom stereocenters. The number of amides is 1. The molecular weight excluding hydrogens is 171 g/mol. The van der Waals surface area contributed by atoms with Crippen molar-refractivity contribution in [1.29, 1.82) is 0 Å². The van der Waals surface area contributed by atoms with Gasteiger partial charge in [0.25, 0.3) is 0 Å². The van der Waals surface area contributed by atoms with E-state index in [1.54, 1.807) is 13.0 Å². The highest BCUT2D eigenvalue weighted by atomic mass is 19.1. The lowest BCUT2D eigenvalue weighted by Crippen LogP contribution is -2.05. The molecule has 0 saturated heterocycles. The third-order valence-corrected chi connectivity index (χ3v) is 1.61. The Morgan fingerprint density at radius 3 is 3.00 bits per heavy atom. The summed E-state index contributed by atoms with van der Waals surface area (Å²) < 4.78 is 12.8. The van der Waals surface area contributed by atoms with E-state index in [-0.39, 0.29) is 0 Å². The number of nitrogens with zero attached hydrogens (tertiary/aromatic N) is 1. The second kappa shape index (κ2) is 3.80. The van der Waals surface area contributed by atoms with Crippen LogP contribution in [-0.4, -0.2) is 10.9 Å². The summed E-state index contributed by atoms with van der Waals surface area (Å²) in [6.07, 6.45) is 3.98. The predicted molar refractivity (Wildman–Crippen MR) is 47.2 cm³/mol. The first kappa shape index (κ1) is 9.38. The Balaban J connectivity index is 3.02. The lowest BCUT2D eigenvalue weighted by molar-refractivity contribution is -0.113. The number of primary amides is 1. The largest absolute Gasteiger partial charge is 0.366 e. The van der Waals surface area contributed by atoms with Crippen LogP contribution in [0.15, 0.2) is 18.3 Å². The van der Waals surface area contributed by atoms with Crippen LogP contribution in [-0.2, 0) is 4.79 Å². The Labute approximate surface area is 75.1 Å². The minimum absolute atomic E-state index is 0.403. The summed E-state index contributed by atoms with van der Waals surface area (Å²) in [5.41, 5.74) is 5.90. The first-order valence-corrected chi connectivity index (χ1v) is 3.70. The van der Waals surface area contributed by atoms with Gasteiger partial charge in [-0.05, 0) is 24.6 Å². The lowest BCUT2D eigenvalue weighted by atomic mass is 10.1. The topological polar surface area (TPSA) is 56.0 Å². The molecule has 0 aliphatic heterocycles. The van der Waals surface area contributed by atoms with E-state index in [1.807, 2.05) is 0 Å². The van der Waals surface area contributed by atoms with Gasteiger partial charge in [-0.15, -0.1) is 0 Å². The van der Waals surface area contributed by atoms with E-state index in [0.29, 0.717) is 11.1 Å². The molecule has 4 heteroatoms. The average molecular weight is 180 g/mol. The molecule has 0 bridgehead atoms. The Bertz CT molecular complexity index is 361. The second-order valence-electron chi connectivity index (χ2n) is 2.55. The van der Waals surface area contributed by atoms with Crippen LogP contribution in [0, 0.1) is 12.9 Å². The third-order valence-electron chi connectivity index (χ3n) is 1.61. The molecule has 0 unspecified atom stereocenters. The van der Waals surface area contributed by atoms with Crippen molar-refractivity contribution >= 4 is 12.0 Å². The van der Waals surface area contributed by atoms with E-state index in [2.05, 4.69) is 4.98 Å². The van der Waals surface area contributed by atoms with E-state index >= 15 is 0 Å². The predicted octanol–water partition coefficient (Wildman–Crippen LogP) is 1.03. The van der Waals surface area contributed by atoms with Crippen molar-refractivity contribution in [3.05, 3.63) is 35.4 Å². The number of hydrogen-bond donors (Lipinski definition) is 1. The van der Waals surface area contributed by atoms with Gasteiger partial charge in [0, 0.05) is 17.8 Å². The Morgan fingerprint density at radius 2 is 2.38 bits per heavy atom. The van der Waals surface area contributed by atoms with Crippen molar-refractivity contribution in [2.75, 3.05) is 0 Å². The summed E-state index contributed by atoms with van der Waals surface area (Å²) in [5, 5.41) is 0. The molecule has 0 spiro atoms. The van der Waals surface area contributed by atoms with Crippen LogP contribution < -0.4 is 5.73 Å². The quantitative estimate of drug-likeness (QED) is 0.545. The summed E-state index contributed by atoms with van der Waals surface area (Å²) in [6.45, 7) is 1.59. The van der Waals surface area contributed by atoms with Gasteiger partial charge in [0.1, 0.15) is 0 Å². The minimum atomic E-state index is -0.559. The van der Waals surface area contributed by atoms with Gasteiger partial charge in [0.05, 0.1) is 0 Å². The van der Waals surface area contributed by atoms with E-state index in [0.717, 1.165) is 0 Å². The number of halogens is 1. The minimum Gasteiger partial charge on any atom is -0.366 e. The van der Waals surface area contributed by atoms with Crippen LogP contribution in [0.1, 0.15) is 11.1 Å². The number of pyridine rings is 1. The van der Waals surface area contributed by atoms with Crippen molar-refractivity contribution in [3.8, 4) is 0 Å². The first-order chi connectivity index (χ1) is 6.11. The van der Waals surface area contributed by atoms with E-state index < -0.39 is 11.9 Å². The Morgan fingerprint density at radius 1 is 1.69 bits per heavy atom. The van der Waals surface area contributed by atoms with Crippen LogP contribution in [0.4, 0.5) is 4.39 Å². The fraction of sp³-hybridized carbons (Fsp3) is 0.111. The highest BCUT2D eigenvalue weighted by Gasteiger charge is 2.00. The van der Waals surface area contributed by atoms with E-state index in [9.17, 15) is 9.18 Å². The van der Waals surface area contributed by atoms with Crippen molar-refractivity contribution in [2.45, 2.75) is 6.92 Å². The normalized spacial score (nSPS) is 10.6. The maximum absolute atomic E-state index is 12.8. The zero-order chi connectivity index (χ0) is 9.84. The van der Waals surface area contributed by atoms with Crippen molar-refractivity contribution in [1.82, 2.24) is 4.98 Å². The number of hydrogen-bond acceptors (Lipinski definition) is 2. The van der Waals surface area contributed by atoms with E-state index in [4.69, 9.17) is 5.73 Å². The summed E-state index contributed by atoms with van der Waals surface area (Å²) in [5.74, 6) is -1.09. The van der Waals surface area contributed by atoms with Gasteiger partial charge in [-0.1, -0.05) is 0 Å². The Kier molecular flexibility index (Phi) is 2.74. The number of carbonyl (C=O) groups is 1. The summed E-state index contributed by atoms with van der Waals surface area (Å²) in [7, 11) is 0. The molecule has 1 heterocycles. The maximum atomic E-state index is 12.8. The van der Waals surface area contributed by atoms with Gasteiger partial charge in [0.15, 0.2) is 0 Å². The molecule has 0 fully saturated rings. The molecule has 13 heavy (non-hydrogen) atoms. The first-order valence-electron chi connectivity index (χ1n) is 3.70. The molecule has 1 aromatic heterocycles. The van der Waals surface area contributed by atoms with Gasteiger partial charge in [-0.3, -0.25) is 4.79 Å². The molecule has 3 nitrogen and oxygen atoms in total. The summed E-state index contributed by atoms with van der Waals surface area (Å²) in [6, 6.07) is 1.61. The Hall–Kier alpha value is -1.71. The van der Waals surface area contributed by atoms with Crippen LogP contribution in [0.25, 0.3) is 6.08 Å². The van der Waals surface area contributed by atoms with Crippen LogP contribution >= 0.6 is 0 Å². The number of rotatable bonds is 2. The maximum Gasteiger partial charge on any atom is 0.241 e. The molecule has 1 amide bonds. The molecule has 0 aromatic carbocycles. The summed E-state index contributed by atoms with van der Waals surface area (Å²) >= 11 is 0. The molecule has 68 valence electrons. The number of carbonyl (C=O) groups excluding carboxylic acids is 1. The van der Waals surface area contributed by atoms with Crippen molar-refractivity contribution < 1.29 is 9.18 Å². The molecule has 2 N–H and O–H groups in total. The molecule has 0 aliphatic rings. The highest BCUT2D eigenvalue weighted by molar-refractivity contribution is 5.90. The highest BCUT2D eigenvalue weighted by Crippen LogP contribution is 2.10. The molecule has 0 saturated carbocycles. The monoisotopic (exact) mass is 180 g/mol. The van der Waals surface area contributed by atoms with Crippen LogP contribution in [0.3, 0.4) is 0 Å². The van der Waals surface area contributed by atoms with Gasteiger partial charge in [-0.25, -0.2) is 4.98 Å². The molecular formula is C9H9FN2O. The van der Waals surface area contributed by atoms with Crippen molar-refractivity contribution in [3.63, 3.8) is 0 Å². The zero-order valence-electron chi connectivity index (χ0n) is 7.12. The number of aromatic nitrogens is 1. The van der Waals surface area contributed by atoms with Gasteiger partial charge >= 0.3 is 0 Å². The fourth-order valence-corrected chi connectivity index (χ4v) is 0.876. The van der Waals surface area contributed by atoms with Crippen LogP contribution in [0.2, 0.25) is 0 Å². The standard InChI is InChI=1S/C9H9FN2O/c1-6-7(2-3-8(11)13)4-5-12-9(6)10/h2-5H,1H3,(H2,11,13). The number of nitrogens with two attached hydrogens (primary N) is 1. The molecule has 0 aliphatic carbocycles. The summed E-state index contributed by atoms with van der Waals surface area (Å²) in [4.78, 5) is 13.8. The van der Waals surface area contributed by atoms with Gasteiger partial charge < -0.3 is 5.73 Å².